The van der Waals surface area contributed by atoms with Gasteiger partial charge in [-0.15, -0.1) is 10.2 Å². The minimum atomic E-state index is -0.433. The molecule has 2 N–H and O–H groups in total. The molecule has 0 unspecified atom stereocenters. The molecule has 0 spiro atoms. The number of halogens is 1. The Labute approximate surface area is 130 Å². The van der Waals surface area contributed by atoms with E-state index in [-0.39, 0.29) is 5.69 Å². The van der Waals surface area contributed by atoms with Crippen molar-refractivity contribution in [3.05, 3.63) is 44.7 Å². The summed E-state index contributed by atoms with van der Waals surface area (Å²) >= 11 is 7.42. The molecule has 0 saturated heterocycles. The van der Waals surface area contributed by atoms with Gasteiger partial charge < -0.3 is 10.3 Å². The number of hydrogen-bond acceptors (Lipinski definition) is 6. The number of nitro groups is 1. The highest BCUT2D eigenvalue weighted by Crippen LogP contribution is 2.32. The highest BCUT2D eigenvalue weighted by atomic mass is 35.5. The zero-order valence-electron chi connectivity index (χ0n) is 11.3. The molecule has 0 aliphatic rings. The molecule has 7 nitrogen and oxygen atoms in total. The topological polar surface area (TPSA) is 99.9 Å². The lowest BCUT2D eigenvalue weighted by Crippen LogP contribution is -2.08. The lowest BCUT2D eigenvalue weighted by atomic mass is 10.2. The summed E-state index contributed by atoms with van der Waals surface area (Å²) in [5, 5.41) is 20.2. The van der Waals surface area contributed by atoms with Crippen LogP contribution in [0.5, 0.6) is 0 Å². The van der Waals surface area contributed by atoms with Gasteiger partial charge in [-0.2, -0.15) is 0 Å². The Morgan fingerprint density at radius 1 is 1.48 bits per heavy atom. The second-order valence-corrected chi connectivity index (χ2v) is 5.48. The molecule has 0 fully saturated rings. The first-order valence-electron chi connectivity index (χ1n) is 6.25. The van der Waals surface area contributed by atoms with Crippen molar-refractivity contribution in [2.45, 2.75) is 30.9 Å². The van der Waals surface area contributed by atoms with Crippen molar-refractivity contribution in [3.8, 4) is 0 Å². The average molecular weight is 328 g/mol. The number of thioether (sulfide) groups is 1. The summed E-state index contributed by atoms with van der Waals surface area (Å²) in [4.78, 5) is 10.6. The lowest BCUT2D eigenvalue weighted by molar-refractivity contribution is -0.385. The molecule has 1 aromatic heterocycles. The Morgan fingerprint density at radius 2 is 2.24 bits per heavy atom. The SMILES string of the molecule is CCn1c(CN)nnc1SCc1c(Cl)cccc1[N+](=O)[O-]. The molecule has 0 radical (unpaired) electrons. The molecule has 9 heteroatoms. The number of nitro benzene ring substituents is 1. The molecule has 0 atom stereocenters. The molecule has 1 heterocycles. The number of hydrogen-bond donors (Lipinski definition) is 1. The van der Waals surface area contributed by atoms with Crippen molar-refractivity contribution < 1.29 is 4.92 Å². The maximum absolute atomic E-state index is 11.0. The first-order valence-corrected chi connectivity index (χ1v) is 7.61. The lowest BCUT2D eigenvalue weighted by Gasteiger charge is -2.07. The summed E-state index contributed by atoms with van der Waals surface area (Å²) in [5.41, 5.74) is 6.08. The van der Waals surface area contributed by atoms with Crippen LogP contribution in [0.3, 0.4) is 0 Å². The second-order valence-electron chi connectivity index (χ2n) is 4.13. The standard InChI is InChI=1S/C12H14ClN5O2S/c1-2-17-11(6-14)15-16-12(17)21-7-8-9(13)4-3-5-10(8)18(19)20/h3-5H,2,6-7,14H2,1H3. The number of nitrogens with two attached hydrogens (primary N) is 1. The Balaban J connectivity index is 2.25. The molecular weight excluding hydrogens is 314 g/mol. The Morgan fingerprint density at radius 3 is 2.86 bits per heavy atom. The average Bonchev–Trinajstić information content (AvgIpc) is 2.87. The van der Waals surface area contributed by atoms with Crippen LogP contribution in [-0.2, 0) is 18.8 Å². The third kappa shape index (κ3) is 3.34. The van der Waals surface area contributed by atoms with Gasteiger partial charge in [0.25, 0.3) is 5.69 Å². The van der Waals surface area contributed by atoms with E-state index in [0.717, 1.165) is 0 Å². The van der Waals surface area contributed by atoms with E-state index in [0.29, 0.717) is 40.4 Å². The number of benzene rings is 1. The first-order chi connectivity index (χ1) is 10.1. The molecule has 0 bridgehead atoms. The smallest absolute Gasteiger partial charge is 0.274 e. The minimum absolute atomic E-state index is 0.0108. The van der Waals surface area contributed by atoms with Crippen LogP contribution in [0.4, 0.5) is 5.69 Å². The minimum Gasteiger partial charge on any atom is -0.324 e. The van der Waals surface area contributed by atoms with E-state index < -0.39 is 4.92 Å². The summed E-state index contributed by atoms with van der Waals surface area (Å²) in [6.07, 6.45) is 0. The van der Waals surface area contributed by atoms with E-state index in [9.17, 15) is 10.1 Å². The van der Waals surface area contributed by atoms with Gasteiger partial charge in [-0.1, -0.05) is 29.4 Å². The van der Waals surface area contributed by atoms with Crippen LogP contribution in [0, 0.1) is 10.1 Å². The van der Waals surface area contributed by atoms with Crippen LogP contribution in [0.15, 0.2) is 23.4 Å². The Hall–Kier alpha value is -1.64. The monoisotopic (exact) mass is 327 g/mol. The largest absolute Gasteiger partial charge is 0.324 e. The number of aromatic nitrogens is 3. The third-order valence-electron chi connectivity index (χ3n) is 2.93. The van der Waals surface area contributed by atoms with E-state index in [2.05, 4.69) is 10.2 Å². The molecule has 2 rings (SSSR count). The van der Waals surface area contributed by atoms with Crippen LogP contribution in [0.25, 0.3) is 0 Å². The fourth-order valence-corrected chi connectivity index (χ4v) is 3.27. The van der Waals surface area contributed by atoms with Gasteiger partial charge in [0.1, 0.15) is 5.82 Å². The normalized spacial score (nSPS) is 10.8. The molecule has 1 aromatic carbocycles. The van der Waals surface area contributed by atoms with Gasteiger partial charge in [0.2, 0.25) is 0 Å². The van der Waals surface area contributed by atoms with Crippen molar-refractivity contribution in [2.75, 3.05) is 0 Å². The number of rotatable bonds is 6. The van der Waals surface area contributed by atoms with E-state index >= 15 is 0 Å². The van der Waals surface area contributed by atoms with E-state index in [4.69, 9.17) is 17.3 Å². The maximum atomic E-state index is 11.0. The first kappa shape index (κ1) is 15.7. The fraction of sp³-hybridized carbons (Fsp3) is 0.333. The predicted octanol–water partition coefficient (Wildman–Crippen LogP) is 2.61. The summed E-state index contributed by atoms with van der Waals surface area (Å²) in [6.45, 7) is 2.95. The molecule has 21 heavy (non-hydrogen) atoms. The van der Waals surface area contributed by atoms with E-state index in [1.807, 2.05) is 11.5 Å². The Bertz CT molecular complexity index is 661. The molecule has 0 amide bonds. The highest BCUT2D eigenvalue weighted by molar-refractivity contribution is 7.98. The van der Waals surface area contributed by atoms with Crippen LogP contribution < -0.4 is 5.73 Å². The quantitative estimate of drug-likeness (QED) is 0.497. The van der Waals surface area contributed by atoms with Gasteiger partial charge in [0, 0.05) is 18.4 Å². The van der Waals surface area contributed by atoms with E-state index in [1.54, 1.807) is 12.1 Å². The van der Waals surface area contributed by atoms with Crippen molar-refractivity contribution in [2.24, 2.45) is 5.73 Å². The van der Waals surface area contributed by atoms with E-state index in [1.165, 1.54) is 17.8 Å². The Kier molecular flexibility index (Phi) is 5.16. The van der Waals surface area contributed by atoms with Gasteiger partial charge in [0.05, 0.1) is 22.1 Å². The highest BCUT2D eigenvalue weighted by Gasteiger charge is 2.18. The van der Waals surface area contributed by atoms with Crippen LogP contribution in [0.1, 0.15) is 18.3 Å². The fourth-order valence-electron chi connectivity index (χ4n) is 1.89. The van der Waals surface area contributed by atoms with Crippen molar-refractivity contribution in [1.82, 2.24) is 14.8 Å². The van der Waals surface area contributed by atoms with Crippen LogP contribution >= 0.6 is 23.4 Å². The molecule has 112 valence electrons. The third-order valence-corrected chi connectivity index (χ3v) is 4.28. The van der Waals surface area contributed by atoms with Crippen molar-refractivity contribution in [3.63, 3.8) is 0 Å². The van der Waals surface area contributed by atoms with Crippen LogP contribution in [-0.4, -0.2) is 19.7 Å². The molecule has 2 aromatic rings. The van der Waals surface area contributed by atoms with Gasteiger partial charge in [-0.3, -0.25) is 10.1 Å². The summed E-state index contributed by atoms with van der Waals surface area (Å²) in [7, 11) is 0. The second kappa shape index (κ2) is 6.88. The molecule has 0 aliphatic heterocycles. The predicted molar refractivity (Wildman–Crippen MR) is 81.3 cm³/mol. The zero-order chi connectivity index (χ0) is 15.4. The maximum Gasteiger partial charge on any atom is 0.274 e. The van der Waals surface area contributed by atoms with Gasteiger partial charge in [0.15, 0.2) is 5.16 Å². The van der Waals surface area contributed by atoms with Crippen LogP contribution in [0.2, 0.25) is 5.02 Å². The summed E-state index contributed by atoms with van der Waals surface area (Å²) in [6, 6.07) is 4.65. The van der Waals surface area contributed by atoms with Gasteiger partial charge in [-0.05, 0) is 13.0 Å². The summed E-state index contributed by atoms with van der Waals surface area (Å²) in [5.74, 6) is 1.03. The van der Waals surface area contributed by atoms with Crippen molar-refractivity contribution >= 4 is 29.1 Å². The molecule has 0 saturated carbocycles. The number of nitrogens with zero attached hydrogens (tertiary/aromatic N) is 4. The zero-order valence-corrected chi connectivity index (χ0v) is 12.9. The van der Waals surface area contributed by atoms with Gasteiger partial charge >= 0.3 is 0 Å². The summed E-state index contributed by atoms with van der Waals surface area (Å²) < 4.78 is 1.88. The molecular formula is C12H14ClN5O2S. The molecule has 0 aliphatic carbocycles. The van der Waals surface area contributed by atoms with Crippen molar-refractivity contribution in [1.29, 1.82) is 0 Å². The van der Waals surface area contributed by atoms with Gasteiger partial charge in [-0.25, -0.2) is 0 Å².